The van der Waals surface area contributed by atoms with Crippen molar-refractivity contribution >= 4 is 15.9 Å². The lowest BCUT2D eigenvalue weighted by Gasteiger charge is -1.98. The Labute approximate surface area is 73.3 Å². The van der Waals surface area contributed by atoms with E-state index in [-0.39, 0.29) is 0 Å². The molecular formula is C6H10BrN3O. The number of hydroxylamine groups is 1. The van der Waals surface area contributed by atoms with E-state index in [9.17, 15) is 0 Å². The average molecular weight is 220 g/mol. The molecule has 0 amide bonds. The topological polar surface area (TPSA) is 50.1 Å². The zero-order chi connectivity index (χ0) is 8.27. The monoisotopic (exact) mass is 219 g/mol. The van der Waals surface area contributed by atoms with E-state index in [4.69, 9.17) is 5.21 Å². The van der Waals surface area contributed by atoms with E-state index in [1.54, 1.807) is 6.20 Å². The van der Waals surface area contributed by atoms with Crippen LogP contribution in [-0.2, 0) is 13.1 Å². The summed E-state index contributed by atoms with van der Waals surface area (Å²) in [5, 5.41) is 12.5. The molecule has 0 radical (unpaired) electrons. The fourth-order valence-corrected chi connectivity index (χ4v) is 1.42. The largest absolute Gasteiger partial charge is 0.316 e. The van der Waals surface area contributed by atoms with Gasteiger partial charge in [-0.25, -0.2) is 5.48 Å². The Bertz CT molecular complexity index is 236. The first-order valence-electron chi connectivity index (χ1n) is 3.36. The predicted octanol–water partition coefficient (Wildman–Crippen LogP) is 1.14. The van der Waals surface area contributed by atoms with E-state index in [0.717, 1.165) is 16.7 Å². The summed E-state index contributed by atoms with van der Waals surface area (Å²) in [5.74, 6) is 0. The van der Waals surface area contributed by atoms with Crippen molar-refractivity contribution in [1.82, 2.24) is 15.3 Å². The number of rotatable bonds is 3. The van der Waals surface area contributed by atoms with Gasteiger partial charge in [-0.2, -0.15) is 5.10 Å². The predicted molar refractivity (Wildman–Crippen MR) is 44.2 cm³/mol. The Morgan fingerprint density at radius 3 is 3.00 bits per heavy atom. The maximum absolute atomic E-state index is 8.42. The number of aromatic nitrogens is 2. The molecule has 0 unspecified atom stereocenters. The number of hydrogen-bond acceptors (Lipinski definition) is 3. The van der Waals surface area contributed by atoms with Crippen molar-refractivity contribution in [3.63, 3.8) is 0 Å². The first kappa shape index (κ1) is 8.70. The molecule has 11 heavy (non-hydrogen) atoms. The molecule has 2 N–H and O–H groups in total. The molecule has 5 heteroatoms. The van der Waals surface area contributed by atoms with Crippen LogP contribution >= 0.6 is 15.9 Å². The van der Waals surface area contributed by atoms with Gasteiger partial charge in [-0.05, 0) is 22.9 Å². The molecule has 0 atom stereocenters. The number of nitrogens with zero attached hydrogens (tertiary/aromatic N) is 2. The Balaban J connectivity index is 2.82. The molecule has 62 valence electrons. The second-order valence-corrected chi connectivity index (χ2v) is 2.86. The van der Waals surface area contributed by atoms with Crippen LogP contribution < -0.4 is 5.48 Å². The van der Waals surface area contributed by atoms with Gasteiger partial charge in [0.2, 0.25) is 0 Å². The van der Waals surface area contributed by atoms with Gasteiger partial charge in [0.05, 0.1) is 12.7 Å². The van der Waals surface area contributed by atoms with Crippen LogP contribution in [0.1, 0.15) is 12.5 Å². The van der Waals surface area contributed by atoms with Crippen molar-refractivity contribution in [2.24, 2.45) is 0 Å². The van der Waals surface area contributed by atoms with Crippen LogP contribution in [-0.4, -0.2) is 15.0 Å². The minimum absolute atomic E-state index is 0.417. The molecule has 4 nitrogen and oxygen atoms in total. The maximum atomic E-state index is 8.42. The van der Waals surface area contributed by atoms with E-state index in [1.165, 1.54) is 0 Å². The Kier molecular flexibility index (Phi) is 3.04. The van der Waals surface area contributed by atoms with Crippen LogP contribution in [0.15, 0.2) is 10.8 Å². The van der Waals surface area contributed by atoms with E-state index in [0.29, 0.717) is 6.54 Å². The van der Waals surface area contributed by atoms with Gasteiger partial charge >= 0.3 is 0 Å². The summed E-state index contributed by atoms with van der Waals surface area (Å²) in [6, 6.07) is 0. The number of aryl methyl sites for hydroxylation is 1. The van der Waals surface area contributed by atoms with Crippen molar-refractivity contribution in [2.45, 2.75) is 20.0 Å². The van der Waals surface area contributed by atoms with Crippen LogP contribution in [0.4, 0.5) is 0 Å². The Morgan fingerprint density at radius 1 is 1.82 bits per heavy atom. The van der Waals surface area contributed by atoms with Crippen LogP contribution in [0.5, 0.6) is 0 Å². The van der Waals surface area contributed by atoms with Gasteiger partial charge < -0.3 is 5.21 Å². The lowest BCUT2D eigenvalue weighted by atomic mass is 10.4. The summed E-state index contributed by atoms with van der Waals surface area (Å²) >= 11 is 3.36. The van der Waals surface area contributed by atoms with Gasteiger partial charge in [0.15, 0.2) is 0 Å². The van der Waals surface area contributed by atoms with E-state index in [1.807, 2.05) is 11.6 Å². The van der Waals surface area contributed by atoms with Crippen molar-refractivity contribution in [1.29, 1.82) is 0 Å². The summed E-state index contributed by atoms with van der Waals surface area (Å²) in [4.78, 5) is 0. The lowest BCUT2D eigenvalue weighted by molar-refractivity contribution is 0.161. The van der Waals surface area contributed by atoms with Crippen molar-refractivity contribution < 1.29 is 5.21 Å². The summed E-state index contributed by atoms with van der Waals surface area (Å²) in [6.07, 6.45) is 1.72. The molecular weight excluding hydrogens is 210 g/mol. The number of halogens is 1. The molecule has 1 aromatic heterocycles. The van der Waals surface area contributed by atoms with Crippen LogP contribution in [0.2, 0.25) is 0 Å². The van der Waals surface area contributed by atoms with Gasteiger partial charge in [0.25, 0.3) is 0 Å². The van der Waals surface area contributed by atoms with E-state index in [2.05, 4.69) is 26.5 Å². The molecule has 0 bridgehead atoms. The van der Waals surface area contributed by atoms with Gasteiger partial charge in [0.1, 0.15) is 4.60 Å². The zero-order valence-electron chi connectivity index (χ0n) is 6.21. The van der Waals surface area contributed by atoms with Crippen molar-refractivity contribution in [3.05, 3.63) is 16.4 Å². The quantitative estimate of drug-likeness (QED) is 0.751. The van der Waals surface area contributed by atoms with Crippen LogP contribution in [0, 0.1) is 0 Å². The minimum Gasteiger partial charge on any atom is -0.316 e. The first-order valence-corrected chi connectivity index (χ1v) is 4.16. The molecule has 0 aliphatic rings. The normalized spacial score (nSPS) is 10.5. The number of nitrogens with one attached hydrogen (secondary N) is 1. The van der Waals surface area contributed by atoms with Crippen LogP contribution in [0.25, 0.3) is 0 Å². The SMILES string of the molecule is CCn1ncc(CNO)c1Br. The van der Waals surface area contributed by atoms with Gasteiger partial charge in [-0.3, -0.25) is 4.68 Å². The fraction of sp³-hybridized carbons (Fsp3) is 0.500. The summed E-state index contributed by atoms with van der Waals surface area (Å²) in [7, 11) is 0. The van der Waals surface area contributed by atoms with Crippen LogP contribution in [0.3, 0.4) is 0 Å². The molecule has 0 aromatic carbocycles. The molecule has 0 spiro atoms. The minimum atomic E-state index is 0.417. The summed E-state index contributed by atoms with van der Waals surface area (Å²) in [5.41, 5.74) is 3.03. The first-order chi connectivity index (χ1) is 5.29. The smallest absolute Gasteiger partial charge is 0.108 e. The Morgan fingerprint density at radius 2 is 2.55 bits per heavy atom. The molecule has 1 rings (SSSR count). The number of hydrogen-bond donors (Lipinski definition) is 2. The van der Waals surface area contributed by atoms with E-state index < -0.39 is 0 Å². The van der Waals surface area contributed by atoms with Gasteiger partial charge in [-0.15, -0.1) is 0 Å². The molecule has 1 heterocycles. The highest BCUT2D eigenvalue weighted by Gasteiger charge is 2.04. The van der Waals surface area contributed by atoms with E-state index >= 15 is 0 Å². The van der Waals surface area contributed by atoms with Crippen molar-refractivity contribution in [2.75, 3.05) is 0 Å². The molecule has 0 fully saturated rings. The molecule has 0 saturated heterocycles. The molecule has 0 aliphatic carbocycles. The lowest BCUT2D eigenvalue weighted by Crippen LogP contribution is -2.06. The third-order valence-electron chi connectivity index (χ3n) is 1.41. The highest BCUT2D eigenvalue weighted by atomic mass is 79.9. The third kappa shape index (κ3) is 1.79. The average Bonchev–Trinajstić information content (AvgIpc) is 2.34. The zero-order valence-corrected chi connectivity index (χ0v) is 7.80. The second-order valence-electron chi connectivity index (χ2n) is 2.11. The van der Waals surface area contributed by atoms with Gasteiger partial charge in [0, 0.05) is 12.1 Å². The Hall–Kier alpha value is -0.390. The summed E-state index contributed by atoms with van der Waals surface area (Å²) < 4.78 is 2.73. The fourth-order valence-electron chi connectivity index (χ4n) is 0.833. The standard InChI is InChI=1S/C6H10BrN3O/c1-2-10-6(7)5(3-8-10)4-9-11/h3,9,11H,2,4H2,1H3. The van der Waals surface area contributed by atoms with Gasteiger partial charge in [-0.1, -0.05) is 0 Å². The maximum Gasteiger partial charge on any atom is 0.108 e. The molecule has 0 saturated carbocycles. The van der Waals surface area contributed by atoms with Crippen molar-refractivity contribution in [3.8, 4) is 0 Å². The summed E-state index contributed by atoms with van der Waals surface area (Å²) in [6.45, 7) is 3.25. The molecule has 0 aliphatic heterocycles. The highest BCUT2D eigenvalue weighted by molar-refractivity contribution is 9.10. The highest BCUT2D eigenvalue weighted by Crippen LogP contribution is 2.15. The second kappa shape index (κ2) is 3.85. The third-order valence-corrected chi connectivity index (χ3v) is 2.33. The molecule has 1 aromatic rings.